The first kappa shape index (κ1) is 7.43. The van der Waals surface area contributed by atoms with E-state index in [-0.39, 0.29) is 5.71 Å². The van der Waals surface area contributed by atoms with Gasteiger partial charge in [-0.25, -0.2) is 0 Å². The molecule has 0 fully saturated rings. The second kappa shape index (κ2) is 3.43. The van der Waals surface area contributed by atoms with Crippen LogP contribution in [0, 0.1) is 0 Å². The van der Waals surface area contributed by atoms with Crippen LogP contribution in [-0.4, -0.2) is 27.3 Å². The zero-order valence-corrected chi connectivity index (χ0v) is 4.77. The topological polar surface area (TPSA) is 89.9 Å². The fourth-order valence-electron chi connectivity index (χ4n) is 0.242. The monoisotopic (exact) mass is 124 g/mol. The Kier molecular flexibility index (Phi) is 2.84. The van der Waals surface area contributed by atoms with Gasteiger partial charge < -0.3 is 11.1 Å². The van der Waals surface area contributed by atoms with Gasteiger partial charge in [0.05, 0.1) is 0 Å². The number of hydrogen-bond donors (Lipinski definition) is 0. The molecule has 0 aliphatic heterocycles. The van der Waals surface area contributed by atoms with Crippen LogP contribution in [0.5, 0.6) is 0 Å². The first-order chi connectivity index (χ1) is 4.22. The molecule has 0 heterocycles. The predicted molar refractivity (Wildman–Crippen MR) is 29.0 cm³/mol. The first-order valence-corrected chi connectivity index (χ1v) is 2.12. The van der Waals surface area contributed by atoms with E-state index in [9.17, 15) is 4.79 Å². The molecule has 0 amide bonds. The summed E-state index contributed by atoms with van der Waals surface area (Å²) in [4.78, 5) is 15.3. The van der Waals surface area contributed by atoms with Gasteiger partial charge in [0.15, 0.2) is 0 Å². The third kappa shape index (κ3) is 2.29. The lowest BCUT2D eigenvalue weighted by Crippen LogP contribution is -2.12. The summed E-state index contributed by atoms with van der Waals surface area (Å²) in [5, 5.41) is 0. The van der Waals surface area contributed by atoms with Gasteiger partial charge in [-0.3, -0.25) is 4.79 Å². The summed E-state index contributed by atoms with van der Waals surface area (Å²) in [6.45, 7) is 1.19. The van der Waals surface area contributed by atoms with Crippen LogP contribution in [0.1, 0.15) is 6.92 Å². The van der Waals surface area contributed by atoms with E-state index in [2.05, 4.69) is 9.58 Å². The van der Waals surface area contributed by atoms with Crippen LogP contribution in [0.2, 0.25) is 0 Å². The molecular formula is C4H4N4O. The molecule has 0 saturated heterocycles. The van der Waals surface area contributed by atoms with Crippen molar-refractivity contribution in [1.29, 1.82) is 0 Å². The van der Waals surface area contributed by atoms with E-state index in [0.717, 1.165) is 6.21 Å². The van der Waals surface area contributed by atoms with Crippen molar-refractivity contribution in [2.24, 2.45) is 0 Å². The van der Waals surface area contributed by atoms with Gasteiger partial charge in [-0.15, -0.1) is 0 Å². The van der Waals surface area contributed by atoms with E-state index in [1.165, 1.54) is 6.92 Å². The highest BCUT2D eigenvalue weighted by atomic mass is 16.1. The summed E-state index contributed by atoms with van der Waals surface area (Å²) in [5.74, 6) is -0.463. The molecule has 0 aromatic rings. The van der Waals surface area contributed by atoms with Crippen molar-refractivity contribution in [2.45, 2.75) is 6.92 Å². The van der Waals surface area contributed by atoms with Crippen molar-refractivity contribution < 1.29 is 14.4 Å². The molecule has 0 aromatic heterocycles. The Balaban J connectivity index is 4.58. The van der Waals surface area contributed by atoms with Gasteiger partial charge in [0.2, 0.25) is 5.78 Å². The van der Waals surface area contributed by atoms with Crippen LogP contribution in [0.15, 0.2) is 0 Å². The van der Waals surface area contributed by atoms with Gasteiger partial charge >= 0.3 is 11.9 Å². The number of nitrogens with zero attached hydrogens (tertiary/aromatic N) is 4. The molecule has 0 aromatic carbocycles. The number of carbonyl (C=O) groups is 1. The van der Waals surface area contributed by atoms with Gasteiger partial charge in [0.25, 0.3) is 0 Å². The largest absolute Gasteiger partial charge is 0.437 e. The van der Waals surface area contributed by atoms with Crippen molar-refractivity contribution in [1.82, 2.24) is 0 Å². The lowest BCUT2D eigenvalue weighted by atomic mass is 10.3. The Hall–Kier alpha value is -1.57. The predicted octanol–water partition coefficient (Wildman–Crippen LogP) is -0.453. The number of hydrogen-bond acceptors (Lipinski definition) is 1. The van der Waals surface area contributed by atoms with E-state index in [1.807, 2.05) is 0 Å². The Morgan fingerprint density at radius 3 is 2.22 bits per heavy atom. The average Bonchev–Trinajstić information content (AvgIpc) is 1.82. The third-order valence-electron chi connectivity index (χ3n) is 0.648. The number of Topliss-reactive ketones (excluding diaryl/α,β-unsaturated/α-hetero) is 1. The molecule has 5 heteroatoms. The maximum absolute atomic E-state index is 10.3. The minimum absolute atomic E-state index is 0.280. The van der Waals surface area contributed by atoms with Crippen molar-refractivity contribution in [2.75, 3.05) is 0 Å². The number of rotatable bonds is 2. The standard InChI is InChI=1S/C4H4N4O/c1-3(9)4(8-6)2-7-5/h2H,1H3. The molecule has 0 saturated carbocycles. The van der Waals surface area contributed by atoms with Gasteiger partial charge in [0.1, 0.15) is 0 Å². The Labute approximate surface area is 51.2 Å². The molecule has 0 N–H and O–H groups in total. The SMILES string of the molecule is CC(=O)C(C=[N+]=[N-])=[N+]=[N-]. The Bertz CT molecular complexity index is 215. The van der Waals surface area contributed by atoms with Gasteiger partial charge in [0, 0.05) is 6.92 Å². The van der Waals surface area contributed by atoms with Crippen LogP contribution in [0.4, 0.5) is 0 Å². The normalized spacial score (nSPS) is 6.78. The highest BCUT2D eigenvalue weighted by Gasteiger charge is 2.15. The second-order valence-electron chi connectivity index (χ2n) is 1.29. The maximum atomic E-state index is 10.3. The molecule has 9 heavy (non-hydrogen) atoms. The summed E-state index contributed by atoms with van der Waals surface area (Å²) >= 11 is 0. The number of carbonyl (C=O) groups excluding carboxylic acids is 1. The molecular weight excluding hydrogens is 120 g/mol. The second-order valence-corrected chi connectivity index (χ2v) is 1.29. The summed E-state index contributed by atoms with van der Waals surface area (Å²) in [7, 11) is 0. The van der Waals surface area contributed by atoms with Crippen molar-refractivity contribution >= 4 is 17.7 Å². The zero-order chi connectivity index (χ0) is 7.28. The van der Waals surface area contributed by atoms with Crippen LogP contribution in [0.3, 0.4) is 0 Å². The summed E-state index contributed by atoms with van der Waals surface area (Å²) in [6, 6.07) is 0. The van der Waals surface area contributed by atoms with Crippen molar-refractivity contribution in [3.05, 3.63) is 11.1 Å². The lowest BCUT2D eigenvalue weighted by Gasteiger charge is -1.67. The molecule has 0 aliphatic carbocycles. The van der Waals surface area contributed by atoms with Crippen LogP contribution >= 0.6 is 0 Å². The Morgan fingerprint density at radius 1 is 1.56 bits per heavy atom. The fourth-order valence-corrected chi connectivity index (χ4v) is 0.242. The molecule has 0 bridgehead atoms. The van der Waals surface area contributed by atoms with Crippen LogP contribution in [-0.2, 0) is 4.79 Å². The van der Waals surface area contributed by atoms with Crippen LogP contribution in [0.25, 0.3) is 11.1 Å². The molecule has 0 aliphatic rings. The third-order valence-corrected chi connectivity index (χ3v) is 0.648. The summed E-state index contributed by atoms with van der Waals surface area (Å²) in [5.41, 5.74) is 15.6. The van der Waals surface area contributed by atoms with Gasteiger partial charge in [-0.1, -0.05) is 0 Å². The lowest BCUT2D eigenvalue weighted by molar-refractivity contribution is -0.115. The molecule has 0 unspecified atom stereocenters. The van der Waals surface area contributed by atoms with E-state index >= 15 is 0 Å². The molecule has 0 radical (unpaired) electrons. The average molecular weight is 124 g/mol. The number of ketones is 1. The van der Waals surface area contributed by atoms with E-state index in [4.69, 9.17) is 11.1 Å². The van der Waals surface area contributed by atoms with Crippen molar-refractivity contribution in [3.8, 4) is 0 Å². The Morgan fingerprint density at radius 2 is 2.11 bits per heavy atom. The molecule has 0 spiro atoms. The summed E-state index contributed by atoms with van der Waals surface area (Å²) in [6.07, 6.45) is 0.752. The first-order valence-electron chi connectivity index (χ1n) is 2.12. The van der Waals surface area contributed by atoms with Gasteiger partial charge in [-0.2, -0.15) is 9.58 Å². The fraction of sp³-hybridized carbons (Fsp3) is 0.250. The molecule has 0 rings (SSSR count). The molecule has 5 nitrogen and oxygen atoms in total. The minimum Gasteiger partial charge on any atom is -0.361 e. The van der Waals surface area contributed by atoms with Crippen molar-refractivity contribution in [3.63, 3.8) is 0 Å². The van der Waals surface area contributed by atoms with Gasteiger partial charge in [-0.05, 0) is 0 Å². The highest BCUT2D eigenvalue weighted by Crippen LogP contribution is 1.66. The molecule has 46 valence electrons. The minimum atomic E-state index is -0.463. The highest BCUT2D eigenvalue weighted by molar-refractivity contribution is 6.57. The van der Waals surface area contributed by atoms with E-state index < -0.39 is 5.78 Å². The van der Waals surface area contributed by atoms with Crippen LogP contribution < -0.4 is 0 Å². The van der Waals surface area contributed by atoms with E-state index in [1.54, 1.807) is 0 Å². The smallest absolute Gasteiger partial charge is 0.361 e. The quantitative estimate of drug-likeness (QED) is 0.278. The van der Waals surface area contributed by atoms with E-state index in [0.29, 0.717) is 0 Å². The maximum Gasteiger partial charge on any atom is 0.437 e. The zero-order valence-electron chi connectivity index (χ0n) is 4.77. The molecule has 0 atom stereocenters. The summed E-state index contributed by atoms with van der Waals surface area (Å²) < 4.78 is 0.